The number of H-pyrrole nitrogens is 1. The first kappa shape index (κ1) is 11.0. The molecule has 0 fully saturated rings. The lowest BCUT2D eigenvalue weighted by atomic mass is 10.0. The third-order valence-corrected chi connectivity index (χ3v) is 3.21. The molecule has 0 aliphatic carbocycles. The second kappa shape index (κ2) is 4.34. The van der Waals surface area contributed by atoms with Crippen molar-refractivity contribution in [1.29, 1.82) is 0 Å². The summed E-state index contributed by atoms with van der Waals surface area (Å²) in [4.78, 5) is 0. The standard InChI is InChI=1S/C14H11N5O/c1-2-13(20-5-1)12-7-10(9-19-4-3-15-18-19)6-11-8-16-17-14(11)12/h1-8H,9H2,(H,16,17). The predicted octanol–water partition coefficient (Wildman–Crippen LogP) is 2.46. The van der Waals surface area contributed by atoms with Gasteiger partial charge < -0.3 is 4.42 Å². The summed E-state index contributed by atoms with van der Waals surface area (Å²) in [6, 6.07) is 7.99. The van der Waals surface area contributed by atoms with Crippen molar-refractivity contribution in [1.82, 2.24) is 25.2 Å². The molecule has 0 bridgehead atoms. The Hall–Kier alpha value is -2.89. The summed E-state index contributed by atoms with van der Waals surface area (Å²) in [6.07, 6.45) is 6.99. The van der Waals surface area contributed by atoms with Crippen LogP contribution in [0, 0.1) is 0 Å². The number of benzene rings is 1. The number of furan rings is 1. The second-order valence-corrected chi connectivity index (χ2v) is 4.56. The van der Waals surface area contributed by atoms with Crippen LogP contribution in [-0.2, 0) is 6.54 Å². The molecule has 0 aliphatic rings. The molecule has 3 aromatic heterocycles. The molecule has 4 rings (SSSR count). The zero-order chi connectivity index (χ0) is 13.4. The van der Waals surface area contributed by atoms with Gasteiger partial charge >= 0.3 is 0 Å². The van der Waals surface area contributed by atoms with Crippen LogP contribution in [0.15, 0.2) is 53.5 Å². The Morgan fingerprint density at radius 2 is 2.30 bits per heavy atom. The minimum atomic E-state index is 0.662. The van der Waals surface area contributed by atoms with Crippen molar-refractivity contribution in [3.05, 3.63) is 54.7 Å². The maximum Gasteiger partial charge on any atom is 0.136 e. The molecular weight excluding hydrogens is 254 g/mol. The molecule has 1 N–H and O–H groups in total. The Morgan fingerprint density at radius 3 is 3.10 bits per heavy atom. The van der Waals surface area contributed by atoms with Crippen LogP contribution >= 0.6 is 0 Å². The largest absolute Gasteiger partial charge is 0.464 e. The van der Waals surface area contributed by atoms with Gasteiger partial charge in [-0.3, -0.25) is 5.10 Å². The summed E-state index contributed by atoms with van der Waals surface area (Å²) in [5.74, 6) is 0.819. The summed E-state index contributed by atoms with van der Waals surface area (Å²) in [7, 11) is 0. The lowest BCUT2D eigenvalue weighted by Gasteiger charge is -2.05. The quantitative estimate of drug-likeness (QED) is 0.617. The first-order valence-corrected chi connectivity index (χ1v) is 6.24. The number of rotatable bonds is 3. The van der Waals surface area contributed by atoms with E-state index in [4.69, 9.17) is 4.42 Å². The zero-order valence-corrected chi connectivity index (χ0v) is 10.5. The summed E-state index contributed by atoms with van der Waals surface area (Å²) >= 11 is 0. The lowest BCUT2D eigenvalue weighted by Crippen LogP contribution is -2.00. The van der Waals surface area contributed by atoms with E-state index in [1.807, 2.05) is 24.5 Å². The van der Waals surface area contributed by atoms with E-state index >= 15 is 0 Å². The number of nitrogens with zero attached hydrogens (tertiary/aromatic N) is 4. The van der Waals surface area contributed by atoms with Crippen molar-refractivity contribution in [3.8, 4) is 11.3 Å². The normalized spacial score (nSPS) is 11.2. The molecule has 4 aromatic rings. The minimum absolute atomic E-state index is 0.662. The van der Waals surface area contributed by atoms with Crippen molar-refractivity contribution >= 4 is 10.9 Å². The first-order chi connectivity index (χ1) is 9.90. The van der Waals surface area contributed by atoms with Gasteiger partial charge in [0.2, 0.25) is 0 Å². The Kier molecular flexibility index (Phi) is 2.38. The summed E-state index contributed by atoms with van der Waals surface area (Å²) in [6.45, 7) is 0.662. The number of hydrogen-bond donors (Lipinski definition) is 1. The van der Waals surface area contributed by atoms with E-state index in [9.17, 15) is 0 Å². The molecule has 0 unspecified atom stereocenters. The van der Waals surface area contributed by atoms with E-state index in [0.717, 1.165) is 27.8 Å². The minimum Gasteiger partial charge on any atom is -0.464 e. The molecule has 3 heterocycles. The Balaban J connectivity index is 1.86. The van der Waals surface area contributed by atoms with Crippen molar-refractivity contribution in [2.24, 2.45) is 0 Å². The summed E-state index contributed by atoms with van der Waals surface area (Å²) in [5.41, 5.74) is 3.10. The third-order valence-electron chi connectivity index (χ3n) is 3.21. The topological polar surface area (TPSA) is 72.5 Å². The molecule has 1 aromatic carbocycles. The Labute approximate surface area is 114 Å². The Morgan fingerprint density at radius 1 is 1.30 bits per heavy atom. The van der Waals surface area contributed by atoms with Gasteiger partial charge in [0.1, 0.15) is 5.76 Å². The first-order valence-electron chi connectivity index (χ1n) is 6.24. The van der Waals surface area contributed by atoms with Crippen LogP contribution in [0.4, 0.5) is 0 Å². The zero-order valence-electron chi connectivity index (χ0n) is 10.5. The van der Waals surface area contributed by atoms with Crippen LogP contribution in [0.2, 0.25) is 0 Å². The molecule has 0 spiro atoms. The maximum atomic E-state index is 5.50. The molecule has 0 saturated carbocycles. The molecule has 98 valence electrons. The van der Waals surface area contributed by atoms with Crippen molar-refractivity contribution in [3.63, 3.8) is 0 Å². The van der Waals surface area contributed by atoms with E-state index in [1.165, 1.54) is 0 Å². The SMILES string of the molecule is c1coc(-c2cc(Cn3ccnn3)cc3cn[nH]c23)c1. The molecule has 0 radical (unpaired) electrons. The number of nitrogens with one attached hydrogen (secondary N) is 1. The third kappa shape index (κ3) is 1.78. The van der Waals surface area contributed by atoms with Crippen LogP contribution in [0.5, 0.6) is 0 Å². The highest BCUT2D eigenvalue weighted by molar-refractivity contribution is 5.92. The summed E-state index contributed by atoms with van der Waals surface area (Å²) in [5, 5.41) is 16.0. The molecule has 20 heavy (non-hydrogen) atoms. The van der Waals surface area contributed by atoms with Crippen LogP contribution in [0.1, 0.15) is 5.56 Å². The van der Waals surface area contributed by atoms with Crippen LogP contribution in [0.3, 0.4) is 0 Å². The molecule has 6 nitrogen and oxygen atoms in total. The fourth-order valence-electron chi connectivity index (χ4n) is 2.34. The summed E-state index contributed by atoms with van der Waals surface area (Å²) < 4.78 is 7.29. The van der Waals surface area contributed by atoms with Crippen molar-refractivity contribution < 1.29 is 4.42 Å². The van der Waals surface area contributed by atoms with Crippen molar-refractivity contribution in [2.45, 2.75) is 6.54 Å². The van der Waals surface area contributed by atoms with Crippen LogP contribution < -0.4 is 0 Å². The van der Waals surface area contributed by atoms with Gasteiger partial charge in [-0.15, -0.1) is 5.10 Å². The Bertz CT molecular complexity index is 830. The highest BCUT2D eigenvalue weighted by Gasteiger charge is 2.10. The van der Waals surface area contributed by atoms with Gasteiger partial charge in [-0.05, 0) is 29.8 Å². The van der Waals surface area contributed by atoms with E-state index in [-0.39, 0.29) is 0 Å². The van der Waals surface area contributed by atoms with Gasteiger partial charge in [0.15, 0.2) is 0 Å². The van der Waals surface area contributed by atoms with Gasteiger partial charge in [0.05, 0.1) is 30.7 Å². The molecule has 0 saturated heterocycles. The van der Waals surface area contributed by atoms with E-state index in [2.05, 4.69) is 32.6 Å². The fraction of sp³-hybridized carbons (Fsp3) is 0.0714. The average molecular weight is 265 g/mol. The number of fused-ring (bicyclic) bond motifs is 1. The van der Waals surface area contributed by atoms with Crippen LogP contribution in [0.25, 0.3) is 22.2 Å². The van der Waals surface area contributed by atoms with Gasteiger partial charge in [-0.25, -0.2) is 4.68 Å². The van der Waals surface area contributed by atoms with Gasteiger partial charge in [0.25, 0.3) is 0 Å². The van der Waals surface area contributed by atoms with E-state index in [1.54, 1.807) is 17.1 Å². The molecular formula is C14H11N5O. The van der Waals surface area contributed by atoms with Crippen LogP contribution in [-0.4, -0.2) is 25.2 Å². The maximum absolute atomic E-state index is 5.50. The molecule has 0 amide bonds. The second-order valence-electron chi connectivity index (χ2n) is 4.56. The number of hydrogen-bond acceptors (Lipinski definition) is 4. The predicted molar refractivity (Wildman–Crippen MR) is 72.9 cm³/mol. The number of aromatic nitrogens is 5. The molecule has 0 aliphatic heterocycles. The van der Waals surface area contributed by atoms with Crippen molar-refractivity contribution in [2.75, 3.05) is 0 Å². The highest BCUT2D eigenvalue weighted by Crippen LogP contribution is 2.29. The average Bonchev–Trinajstić information content (AvgIpc) is 3.20. The lowest BCUT2D eigenvalue weighted by molar-refractivity contribution is 0.582. The number of aromatic amines is 1. The van der Waals surface area contributed by atoms with E-state index in [0.29, 0.717) is 6.54 Å². The van der Waals surface area contributed by atoms with Gasteiger partial charge in [-0.2, -0.15) is 5.10 Å². The van der Waals surface area contributed by atoms with Gasteiger partial charge in [-0.1, -0.05) is 5.21 Å². The van der Waals surface area contributed by atoms with E-state index < -0.39 is 0 Å². The van der Waals surface area contributed by atoms with Gasteiger partial charge in [0, 0.05) is 17.1 Å². The monoisotopic (exact) mass is 265 g/mol. The highest BCUT2D eigenvalue weighted by atomic mass is 16.3. The fourth-order valence-corrected chi connectivity index (χ4v) is 2.34. The molecule has 6 heteroatoms. The smallest absolute Gasteiger partial charge is 0.136 e. The molecule has 0 atom stereocenters.